The van der Waals surface area contributed by atoms with Gasteiger partial charge in [0.2, 0.25) is 0 Å². The Labute approximate surface area is 90.2 Å². The van der Waals surface area contributed by atoms with Gasteiger partial charge in [0.15, 0.2) is 0 Å². The van der Waals surface area contributed by atoms with Crippen molar-refractivity contribution in [1.29, 1.82) is 0 Å². The van der Waals surface area contributed by atoms with Crippen molar-refractivity contribution in [2.45, 2.75) is 37.8 Å². The summed E-state index contributed by atoms with van der Waals surface area (Å²) in [7, 11) is 1.90. The first kappa shape index (κ1) is 10.9. The third-order valence-corrected chi connectivity index (χ3v) is 3.31. The van der Waals surface area contributed by atoms with Gasteiger partial charge >= 0.3 is 5.97 Å². The highest BCUT2D eigenvalue weighted by Crippen LogP contribution is 2.35. The first-order valence-electron chi connectivity index (χ1n) is 5.73. The van der Waals surface area contributed by atoms with E-state index < -0.39 is 5.97 Å². The Morgan fingerprint density at radius 3 is 2.73 bits per heavy atom. The molecular formula is C11H19NO3. The number of carboxylic acid groups (broad SMARTS) is 1. The monoisotopic (exact) mass is 213 g/mol. The standard InChI is InChI=1S/C11H19NO3/c1-12(7-9-3-2-6-15-9)10(11(13)14)8-4-5-8/h8-10H,2-7H2,1H3,(H,13,14). The zero-order valence-electron chi connectivity index (χ0n) is 9.19. The fourth-order valence-corrected chi connectivity index (χ4v) is 2.39. The summed E-state index contributed by atoms with van der Waals surface area (Å²) in [6.07, 6.45) is 4.55. The number of aliphatic carboxylic acids is 1. The number of carboxylic acids is 1. The van der Waals surface area contributed by atoms with Crippen molar-refractivity contribution in [3.05, 3.63) is 0 Å². The van der Waals surface area contributed by atoms with Gasteiger partial charge in [0.25, 0.3) is 0 Å². The van der Waals surface area contributed by atoms with Gasteiger partial charge in [0.05, 0.1) is 6.10 Å². The summed E-state index contributed by atoms with van der Waals surface area (Å²) < 4.78 is 5.52. The first-order valence-corrected chi connectivity index (χ1v) is 5.73. The Morgan fingerprint density at radius 2 is 2.27 bits per heavy atom. The molecule has 1 heterocycles. The lowest BCUT2D eigenvalue weighted by atomic mass is 10.1. The van der Waals surface area contributed by atoms with Crippen molar-refractivity contribution in [3.8, 4) is 0 Å². The van der Waals surface area contributed by atoms with Crippen molar-refractivity contribution in [1.82, 2.24) is 4.90 Å². The van der Waals surface area contributed by atoms with E-state index in [4.69, 9.17) is 9.84 Å². The van der Waals surface area contributed by atoms with Crippen molar-refractivity contribution in [3.63, 3.8) is 0 Å². The summed E-state index contributed by atoms with van der Waals surface area (Å²) in [5.41, 5.74) is 0. The maximum atomic E-state index is 11.1. The van der Waals surface area contributed by atoms with Crippen LogP contribution >= 0.6 is 0 Å². The number of hydrogen-bond donors (Lipinski definition) is 1. The van der Waals surface area contributed by atoms with E-state index in [2.05, 4.69) is 0 Å². The van der Waals surface area contributed by atoms with Crippen molar-refractivity contribution < 1.29 is 14.6 Å². The fraction of sp³-hybridized carbons (Fsp3) is 0.909. The maximum absolute atomic E-state index is 11.1. The zero-order chi connectivity index (χ0) is 10.8. The Bertz CT molecular complexity index is 234. The second kappa shape index (κ2) is 4.49. The van der Waals surface area contributed by atoms with Gasteiger partial charge in [-0.05, 0) is 38.6 Å². The SMILES string of the molecule is CN(CC1CCCO1)C(C(=O)O)C1CC1. The smallest absolute Gasteiger partial charge is 0.321 e. The van der Waals surface area contributed by atoms with Gasteiger partial charge in [-0.2, -0.15) is 0 Å². The number of nitrogens with zero attached hydrogens (tertiary/aromatic N) is 1. The molecule has 86 valence electrons. The summed E-state index contributed by atoms with van der Waals surface area (Å²) in [5.74, 6) is -0.313. The molecule has 0 aromatic heterocycles. The highest BCUT2D eigenvalue weighted by Gasteiger charge is 2.39. The van der Waals surface area contributed by atoms with Gasteiger partial charge in [0.1, 0.15) is 6.04 Å². The molecule has 4 nitrogen and oxygen atoms in total. The number of rotatable bonds is 5. The second-order valence-electron chi connectivity index (χ2n) is 4.70. The summed E-state index contributed by atoms with van der Waals surface area (Å²) in [4.78, 5) is 13.1. The van der Waals surface area contributed by atoms with E-state index >= 15 is 0 Å². The highest BCUT2D eigenvalue weighted by molar-refractivity contribution is 5.74. The van der Waals surface area contributed by atoms with E-state index in [1.807, 2.05) is 11.9 Å². The molecule has 1 N–H and O–H groups in total. The van der Waals surface area contributed by atoms with Crippen LogP contribution in [0.3, 0.4) is 0 Å². The summed E-state index contributed by atoms with van der Waals surface area (Å²) in [6.45, 7) is 1.59. The maximum Gasteiger partial charge on any atom is 0.321 e. The minimum absolute atomic E-state index is 0.246. The molecule has 0 spiro atoms. The van der Waals surface area contributed by atoms with Gasteiger partial charge < -0.3 is 9.84 Å². The largest absolute Gasteiger partial charge is 0.480 e. The first-order chi connectivity index (χ1) is 7.18. The summed E-state index contributed by atoms with van der Waals surface area (Å²) in [6, 6.07) is -0.297. The molecule has 0 aromatic carbocycles. The van der Waals surface area contributed by atoms with E-state index in [0.29, 0.717) is 5.92 Å². The Balaban J connectivity index is 1.86. The molecule has 1 saturated heterocycles. The molecule has 0 radical (unpaired) electrons. The molecule has 2 fully saturated rings. The predicted octanol–water partition coefficient (Wildman–Crippen LogP) is 0.960. The van der Waals surface area contributed by atoms with Crippen LogP contribution < -0.4 is 0 Å². The number of ether oxygens (including phenoxy) is 1. The van der Waals surface area contributed by atoms with Crippen molar-refractivity contribution in [2.24, 2.45) is 5.92 Å². The number of carbonyl (C=O) groups is 1. The van der Waals surface area contributed by atoms with E-state index in [1.165, 1.54) is 0 Å². The van der Waals surface area contributed by atoms with Gasteiger partial charge in [0, 0.05) is 13.2 Å². The molecule has 15 heavy (non-hydrogen) atoms. The van der Waals surface area contributed by atoms with Gasteiger partial charge in [-0.15, -0.1) is 0 Å². The molecule has 1 saturated carbocycles. The molecule has 0 amide bonds. The Kier molecular flexibility index (Phi) is 3.26. The lowest BCUT2D eigenvalue weighted by molar-refractivity contribution is -0.144. The second-order valence-corrected chi connectivity index (χ2v) is 4.70. The quantitative estimate of drug-likeness (QED) is 0.739. The molecule has 2 atom stereocenters. The van der Waals surface area contributed by atoms with E-state index in [-0.39, 0.29) is 12.1 Å². The van der Waals surface area contributed by atoms with Crippen LogP contribution in [0.4, 0.5) is 0 Å². The zero-order valence-corrected chi connectivity index (χ0v) is 9.19. The number of hydrogen-bond acceptors (Lipinski definition) is 3. The van der Waals surface area contributed by atoms with Crippen LogP contribution in [0.5, 0.6) is 0 Å². The fourth-order valence-electron chi connectivity index (χ4n) is 2.39. The molecule has 1 aliphatic heterocycles. The van der Waals surface area contributed by atoms with Crippen LogP contribution in [0.2, 0.25) is 0 Å². The average Bonchev–Trinajstić information content (AvgIpc) is 2.83. The van der Waals surface area contributed by atoms with Gasteiger partial charge in [-0.3, -0.25) is 9.69 Å². The summed E-state index contributed by atoms with van der Waals surface area (Å²) in [5, 5.41) is 9.15. The van der Waals surface area contributed by atoms with Crippen LogP contribution in [-0.2, 0) is 9.53 Å². The molecule has 2 aliphatic rings. The Morgan fingerprint density at radius 1 is 1.53 bits per heavy atom. The minimum atomic E-state index is -0.682. The molecule has 4 heteroatoms. The molecule has 2 rings (SSSR count). The molecule has 1 aliphatic carbocycles. The summed E-state index contributed by atoms with van der Waals surface area (Å²) >= 11 is 0. The van der Waals surface area contributed by atoms with Crippen LogP contribution in [0.1, 0.15) is 25.7 Å². The van der Waals surface area contributed by atoms with Crippen LogP contribution in [0.15, 0.2) is 0 Å². The van der Waals surface area contributed by atoms with Crippen molar-refractivity contribution in [2.75, 3.05) is 20.2 Å². The van der Waals surface area contributed by atoms with E-state index in [1.54, 1.807) is 0 Å². The number of likely N-dealkylation sites (N-methyl/N-ethyl adjacent to an activating group) is 1. The Hall–Kier alpha value is -0.610. The predicted molar refractivity (Wildman–Crippen MR) is 55.8 cm³/mol. The molecular weight excluding hydrogens is 194 g/mol. The normalized spacial score (nSPS) is 28.3. The topological polar surface area (TPSA) is 49.8 Å². The van der Waals surface area contributed by atoms with Crippen molar-refractivity contribution >= 4 is 5.97 Å². The van der Waals surface area contributed by atoms with E-state index in [9.17, 15) is 4.79 Å². The van der Waals surface area contributed by atoms with Gasteiger partial charge in [-0.25, -0.2) is 0 Å². The van der Waals surface area contributed by atoms with E-state index in [0.717, 1.165) is 38.8 Å². The van der Waals surface area contributed by atoms with Crippen LogP contribution in [-0.4, -0.2) is 48.3 Å². The lowest BCUT2D eigenvalue weighted by Gasteiger charge is -2.26. The van der Waals surface area contributed by atoms with Crippen LogP contribution in [0, 0.1) is 5.92 Å². The molecule has 0 aromatic rings. The molecule has 0 bridgehead atoms. The van der Waals surface area contributed by atoms with Gasteiger partial charge in [-0.1, -0.05) is 0 Å². The minimum Gasteiger partial charge on any atom is -0.480 e. The third kappa shape index (κ3) is 2.69. The third-order valence-electron chi connectivity index (χ3n) is 3.31. The lowest BCUT2D eigenvalue weighted by Crippen LogP contribution is -2.43. The van der Waals surface area contributed by atoms with Crippen LogP contribution in [0.25, 0.3) is 0 Å². The average molecular weight is 213 g/mol. The molecule has 2 unspecified atom stereocenters. The highest BCUT2D eigenvalue weighted by atomic mass is 16.5.